The molecule has 0 saturated carbocycles. The number of nitrogens with zero attached hydrogens (tertiary/aromatic N) is 1. The van der Waals surface area contributed by atoms with Crippen molar-refractivity contribution in [3.8, 4) is 0 Å². The molecule has 19 heavy (non-hydrogen) atoms. The van der Waals surface area contributed by atoms with Crippen LogP contribution >= 0.6 is 0 Å². The summed E-state index contributed by atoms with van der Waals surface area (Å²) in [6.45, 7) is 8.91. The van der Waals surface area contributed by atoms with E-state index >= 15 is 0 Å². The fourth-order valence-corrected chi connectivity index (χ4v) is 1.23. The number of nitrogens with one attached hydrogen (secondary N) is 2. The first-order valence-electron chi connectivity index (χ1n) is 6.08. The van der Waals surface area contributed by atoms with Crippen molar-refractivity contribution in [3.05, 3.63) is 0 Å². The second kappa shape index (κ2) is 6.40. The molecule has 110 valence electrons. The van der Waals surface area contributed by atoms with Crippen LogP contribution in [0.1, 0.15) is 41.0 Å². The van der Waals surface area contributed by atoms with E-state index < -0.39 is 11.3 Å². The number of nitrogens with two attached hydrogens (primary N) is 1. The fourth-order valence-electron chi connectivity index (χ4n) is 1.23. The summed E-state index contributed by atoms with van der Waals surface area (Å²) >= 11 is 0. The zero-order valence-corrected chi connectivity index (χ0v) is 12.2. The molecule has 0 atom stereocenters. The molecule has 5 N–H and O–H groups in total. The summed E-state index contributed by atoms with van der Waals surface area (Å²) in [6, 6.07) is 0. The van der Waals surface area contributed by atoms with Crippen LogP contribution in [0.5, 0.6) is 0 Å². The lowest BCUT2D eigenvalue weighted by molar-refractivity contribution is -0.126. The Kier molecular flexibility index (Phi) is 5.80. The first-order valence-corrected chi connectivity index (χ1v) is 6.08. The van der Waals surface area contributed by atoms with Gasteiger partial charge < -0.3 is 21.6 Å². The van der Waals surface area contributed by atoms with Gasteiger partial charge in [0.25, 0.3) is 0 Å². The Labute approximate surface area is 113 Å². The van der Waals surface area contributed by atoms with Gasteiger partial charge in [-0.1, -0.05) is 5.16 Å². The van der Waals surface area contributed by atoms with Crippen LogP contribution in [0.4, 0.5) is 0 Å². The molecule has 0 radical (unpaired) electrons. The molecular formula is C12H24N4O3. The molecule has 0 heterocycles. The zero-order valence-electron chi connectivity index (χ0n) is 12.2. The summed E-state index contributed by atoms with van der Waals surface area (Å²) in [5.41, 5.74) is 4.01. The predicted molar refractivity (Wildman–Crippen MR) is 72.7 cm³/mol. The number of hydrogen-bond acceptors (Lipinski definition) is 4. The molecule has 0 aromatic rings. The Morgan fingerprint density at radius 1 is 1.21 bits per heavy atom. The maximum atomic E-state index is 11.8. The second-order valence-corrected chi connectivity index (χ2v) is 5.91. The number of amidine groups is 1. The largest absolute Gasteiger partial charge is 0.409 e. The van der Waals surface area contributed by atoms with Crippen LogP contribution in [0.2, 0.25) is 0 Å². The van der Waals surface area contributed by atoms with Crippen molar-refractivity contribution in [2.75, 3.05) is 6.54 Å². The standard InChI is InChI=1S/C12H24N4O3/c1-11(2,3)15-8(17)6-7-14-10(18)12(4,5)9(13)16-19/h19H,6-7H2,1-5H3,(H2,13,16)(H,14,18)(H,15,17). The van der Waals surface area contributed by atoms with Gasteiger partial charge in [-0.25, -0.2) is 0 Å². The molecule has 0 aliphatic rings. The lowest BCUT2D eigenvalue weighted by Crippen LogP contribution is -2.47. The molecule has 7 nitrogen and oxygen atoms in total. The van der Waals surface area contributed by atoms with Gasteiger partial charge in [0, 0.05) is 18.5 Å². The first kappa shape index (κ1) is 17.2. The highest BCUT2D eigenvalue weighted by Gasteiger charge is 2.32. The summed E-state index contributed by atoms with van der Waals surface area (Å²) in [7, 11) is 0. The highest BCUT2D eigenvalue weighted by Crippen LogP contribution is 2.14. The van der Waals surface area contributed by atoms with E-state index in [0.29, 0.717) is 0 Å². The Bertz CT molecular complexity index is 370. The molecule has 0 aliphatic carbocycles. The smallest absolute Gasteiger partial charge is 0.233 e. The van der Waals surface area contributed by atoms with Gasteiger partial charge in [-0.2, -0.15) is 0 Å². The van der Waals surface area contributed by atoms with Crippen LogP contribution < -0.4 is 16.4 Å². The van der Waals surface area contributed by atoms with E-state index in [2.05, 4.69) is 15.8 Å². The van der Waals surface area contributed by atoms with Crippen LogP contribution in [0.3, 0.4) is 0 Å². The maximum absolute atomic E-state index is 11.8. The van der Waals surface area contributed by atoms with Crippen LogP contribution in [-0.4, -0.2) is 34.9 Å². The second-order valence-electron chi connectivity index (χ2n) is 5.91. The van der Waals surface area contributed by atoms with Gasteiger partial charge in [-0.05, 0) is 34.6 Å². The van der Waals surface area contributed by atoms with Crippen LogP contribution in [0.25, 0.3) is 0 Å². The van der Waals surface area contributed by atoms with Crippen molar-refractivity contribution < 1.29 is 14.8 Å². The zero-order chi connectivity index (χ0) is 15.3. The van der Waals surface area contributed by atoms with Crippen molar-refractivity contribution >= 4 is 17.6 Å². The van der Waals surface area contributed by atoms with Gasteiger partial charge >= 0.3 is 0 Å². The molecule has 0 aromatic carbocycles. The first-order chi connectivity index (χ1) is 8.50. The normalized spacial score (nSPS) is 13.0. The van der Waals surface area contributed by atoms with Gasteiger partial charge in [0.1, 0.15) is 5.41 Å². The van der Waals surface area contributed by atoms with Crippen LogP contribution in [-0.2, 0) is 9.59 Å². The van der Waals surface area contributed by atoms with Crippen LogP contribution in [0, 0.1) is 5.41 Å². The van der Waals surface area contributed by atoms with Gasteiger partial charge in [0.2, 0.25) is 11.8 Å². The van der Waals surface area contributed by atoms with Crippen LogP contribution in [0.15, 0.2) is 5.16 Å². The monoisotopic (exact) mass is 272 g/mol. The molecule has 2 amide bonds. The third-order valence-electron chi connectivity index (χ3n) is 2.47. The predicted octanol–water partition coefficient (Wildman–Crippen LogP) is 0.180. The Hall–Kier alpha value is -1.79. The molecule has 0 spiro atoms. The van der Waals surface area contributed by atoms with Crippen molar-refractivity contribution in [1.29, 1.82) is 0 Å². The Balaban J connectivity index is 4.23. The van der Waals surface area contributed by atoms with Crippen molar-refractivity contribution in [1.82, 2.24) is 10.6 Å². The van der Waals surface area contributed by atoms with E-state index in [0.717, 1.165) is 0 Å². The quantitative estimate of drug-likeness (QED) is 0.247. The fraction of sp³-hybridized carbons (Fsp3) is 0.750. The van der Waals surface area contributed by atoms with Gasteiger partial charge in [-0.3, -0.25) is 9.59 Å². The van der Waals surface area contributed by atoms with E-state index in [1.165, 1.54) is 13.8 Å². The minimum absolute atomic E-state index is 0.144. The average molecular weight is 272 g/mol. The summed E-state index contributed by atoms with van der Waals surface area (Å²) in [5, 5.41) is 16.8. The summed E-state index contributed by atoms with van der Waals surface area (Å²) in [5.74, 6) is -0.718. The lowest BCUT2D eigenvalue weighted by atomic mass is 9.91. The molecule has 7 heteroatoms. The van der Waals surface area contributed by atoms with Crippen molar-refractivity contribution in [3.63, 3.8) is 0 Å². The minimum atomic E-state index is -1.12. The topological polar surface area (TPSA) is 117 Å². The number of oxime groups is 1. The Morgan fingerprint density at radius 3 is 2.16 bits per heavy atom. The SMILES string of the molecule is CC(C)(C)NC(=O)CCNC(=O)C(C)(C)C(N)=NO. The van der Waals surface area contributed by atoms with E-state index in [4.69, 9.17) is 10.9 Å². The molecule has 0 aliphatic heterocycles. The highest BCUT2D eigenvalue weighted by atomic mass is 16.4. The molecule has 0 aromatic heterocycles. The number of rotatable bonds is 5. The van der Waals surface area contributed by atoms with Gasteiger partial charge in [0.05, 0.1) is 0 Å². The van der Waals surface area contributed by atoms with E-state index in [9.17, 15) is 9.59 Å². The number of carbonyl (C=O) groups is 2. The number of hydrogen-bond donors (Lipinski definition) is 4. The van der Waals surface area contributed by atoms with Crippen molar-refractivity contribution in [2.24, 2.45) is 16.3 Å². The Morgan fingerprint density at radius 2 is 1.74 bits per heavy atom. The molecule has 0 rings (SSSR count). The van der Waals surface area contributed by atoms with E-state index in [1.54, 1.807) is 0 Å². The summed E-state index contributed by atoms with van der Waals surface area (Å²) < 4.78 is 0. The summed E-state index contributed by atoms with van der Waals surface area (Å²) in [4.78, 5) is 23.3. The van der Waals surface area contributed by atoms with E-state index in [1.807, 2.05) is 20.8 Å². The maximum Gasteiger partial charge on any atom is 0.233 e. The number of carbonyl (C=O) groups excluding carboxylic acids is 2. The number of amides is 2. The third kappa shape index (κ3) is 6.08. The molecule has 0 saturated heterocycles. The highest BCUT2D eigenvalue weighted by molar-refractivity contribution is 6.05. The molecule has 0 bridgehead atoms. The molecule has 0 fully saturated rings. The third-order valence-corrected chi connectivity index (χ3v) is 2.47. The molecule has 0 unspecified atom stereocenters. The molecular weight excluding hydrogens is 248 g/mol. The lowest BCUT2D eigenvalue weighted by Gasteiger charge is -2.23. The van der Waals surface area contributed by atoms with Gasteiger partial charge in [0.15, 0.2) is 5.84 Å². The minimum Gasteiger partial charge on any atom is -0.409 e. The van der Waals surface area contributed by atoms with E-state index in [-0.39, 0.29) is 30.2 Å². The van der Waals surface area contributed by atoms with Gasteiger partial charge in [-0.15, -0.1) is 0 Å². The average Bonchev–Trinajstić information content (AvgIpc) is 2.25. The summed E-state index contributed by atoms with van der Waals surface area (Å²) in [6.07, 6.45) is 0.176. The van der Waals surface area contributed by atoms with Crippen molar-refractivity contribution in [2.45, 2.75) is 46.6 Å².